The number of β-amino-alcohol motifs (C(OH)–C–C–N with tert-alkyl or cyclic N) is 1. The smallest absolute Gasteiger partial charge is 0.267 e. The van der Waals surface area contributed by atoms with Gasteiger partial charge in [-0.15, -0.1) is 0 Å². The third-order valence-electron chi connectivity index (χ3n) is 5.51. The second kappa shape index (κ2) is 8.73. The minimum atomic E-state index is -4.33. The minimum Gasteiger partial charge on any atom is -0.497 e. The summed E-state index contributed by atoms with van der Waals surface area (Å²) in [6.07, 6.45) is -1.12. The first kappa shape index (κ1) is 22.6. The van der Waals surface area contributed by atoms with Crippen molar-refractivity contribution in [3.63, 3.8) is 0 Å². The van der Waals surface area contributed by atoms with E-state index in [2.05, 4.69) is 15.9 Å². The van der Waals surface area contributed by atoms with E-state index in [1.54, 1.807) is 12.1 Å². The van der Waals surface area contributed by atoms with Gasteiger partial charge in [-0.05, 0) is 23.8 Å². The van der Waals surface area contributed by atoms with Crippen LogP contribution in [-0.2, 0) is 10.0 Å². The Balaban J connectivity index is 2.00. The van der Waals surface area contributed by atoms with Crippen molar-refractivity contribution in [2.24, 2.45) is 0 Å². The topological polar surface area (TPSA) is 76.1 Å². The summed E-state index contributed by atoms with van der Waals surface area (Å²) in [4.78, 5) is -0.473. The van der Waals surface area contributed by atoms with Crippen LogP contribution < -0.4 is 13.8 Å². The number of aliphatic hydroxyl groups excluding tert-OH is 1. The SMILES string of the molecule is COc1cc(OC)c2c(c1)N(S(=O)(=O)c1ccccc1F)C[C@@H](O)[C@@H]2c1ccccc1Br. The van der Waals surface area contributed by atoms with E-state index in [4.69, 9.17) is 9.47 Å². The highest BCUT2D eigenvalue weighted by Crippen LogP contribution is 2.49. The maximum Gasteiger partial charge on any atom is 0.267 e. The highest BCUT2D eigenvalue weighted by molar-refractivity contribution is 9.10. The molecule has 0 aliphatic carbocycles. The predicted molar refractivity (Wildman–Crippen MR) is 122 cm³/mol. The van der Waals surface area contributed by atoms with E-state index in [-0.39, 0.29) is 12.2 Å². The van der Waals surface area contributed by atoms with Gasteiger partial charge in [-0.3, -0.25) is 4.31 Å². The number of ether oxygens (including phenoxy) is 2. The molecule has 3 aromatic rings. The van der Waals surface area contributed by atoms with Crippen molar-refractivity contribution in [2.45, 2.75) is 16.9 Å². The first-order valence-corrected chi connectivity index (χ1v) is 12.0. The molecule has 2 atom stereocenters. The highest BCUT2D eigenvalue weighted by atomic mass is 79.9. The summed E-state index contributed by atoms with van der Waals surface area (Å²) in [7, 11) is -1.41. The number of methoxy groups -OCH3 is 2. The summed E-state index contributed by atoms with van der Waals surface area (Å²) in [5.74, 6) is -0.732. The maximum absolute atomic E-state index is 14.5. The van der Waals surface area contributed by atoms with Gasteiger partial charge in [0.25, 0.3) is 10.0 Å². The number of hydrogen-bond donors (Lipinski definition) is 1. The summed E-state index contributed by atoms with van der Waals surface area (Å²) in [6, 6.07) is 15.7. The summed E-state index contributed by atoms with van der Waals surface area (Å²) in [5.41, 5.74) is 1.50. The molecule has 4 rings (SSSR count). The molecule has 6 nitrogen and oxygen atoms in total. The average molecular weight is 522 g/mol. The summed E-state index contributed by atoms with van der Waals surface area (Å²) >= 11 is 3.53. The fraction of sp³-hybridized carbons (Fsp3) is 0.217. The first-order chi connectivity index (χ1) is 15.3. The lowest BCUT2D eigenvalue weighted by molar-refractivity contribution is 0.159. The van der Waals surface area contributed by atoms with Gasteiger partial charge in [0.2, 0.25) is 0 Å². The Morgan fingerprint density at radius 1 is 1.06 bits per heavy atom. The number of fused-ring (bicyclic) bond motifs is 1. The van der Waals surface area contributed by atoms with E-state index < -0.39 is 32.8 Å². The number of benzene rings is 3. The number of nitrogens with zero attached hydrogens (tertiary/aromatic N) is 1. The van der Waals surface area contributed by atoms with Gasteiger partial charge in [0.1, 0.15) is 22.2 Å². The average Bonchev–Trinajstić information content (AvgIpc) is 2.78. The van der Waals surface area contributed by atoms with Gasteiger partial charge in [-0.25, -0.2) is 12.8 Å². The largest absolute Gasteiger partial charge is 0.497 e. The summed E-state index contributed by atoms with van der Waals surface area (Å²) in [6.45, 7) is -0.272. The zero-order valence-electron chi connectivity index (χ0n) is 17.3. The molecule has 1 heterocycles. The third kappa shape index (κ3) is 3.74. The van der Waals surface area contributed by atoms with Crippen molar-refractivity contribution in [3.8, 4) is 11.5 Å². The number of sulfonamides is 1. The fourth-order valence-corrected chi connectivity index (χ4v) is 6.14. The van der Waals surface area contributed by atoms with E-state index in [1.165, 1.54) is 32.4 Å². The van der Waals surface area contributed by atoms with Gasteiger partial charge in [0.05, 0.1) is 32.6 Å². The number of rotatable bonds is 5. The molecule has 32 heavy (non-hydrogen) atoms. The van der Waals surface area contributed by atoms with E-state index >= 15 is 0 Å². The molecule has 0 unspecified atom stereocenters. The summed E-state index contributed by atoms with van der Waals surface area (Å²) in [5, 5.41) is 11.2. The Labute approximate surface area is 194 Å². The molecular formula is C23H21BrFNO5S. The molecule has 0 radical (unpaired) electrons. The van der Waals surface area contributed by atoms with Crippen LogP contribution in [0.5, 0.6) is 11.5 Å². The van der Waals surface area contributed by atoms with Gasteiger partial charge in [-0.2, -0.15) is 0 Å². The lowest BCUT2D eigenvalue weighted by Crippen LogP contribution is -2.45. The van der Waals surface area contributed by atoms with Crippen LogP contribution >= 0.6 is 15.9 Å². The van der Waals surface area contributed by atoms with Crippen LogP contribution in [0.15, 0.2) is 70.0 Å². The van der Waals surface area contributed by atoms with Gasteiger partial charge in [0, 0.05) is 28.1 Å². The summed E-state index contributed by atoms with van der Waals surface area (Å²) < 4.78 is 54.2. The lowest BCUT2D eigenvalue weighted by Gasteiger charge is -2.39. The standard InChI is InChI=1S/C23H21BrFNO5S/c1-30-14-11-18-23(20(12-14)31-2)22(15-7-3-4-8-16(15)24)19(27)13-26(18)32(28,29)21-10-6-5-9-17(21)25/h3-12,19,22,27H,13H2,1-2H3/t19-,22+/m1/s1. The van der Waals surface area contributed by atoms with E-state index in [9.17, 15) is 17.9 Å². The molecule has 0 spiro atoms. The van der Waals surface area contributed by atoms with Crippen molar-refractivity contribution in [1.82, 2.24) is 0 Å². The molecule has 1 aliphatic rings. The zero-order chi connectivity index (χ0) is 23.0. The Morgan fingerprint density at radius 2 is 1.75 bits per heavy atom. The predicted octanol–water partition coefficient (Wildman–Crippen LogP) is 4.31. The molecule has 0 bridgehead atoms. The van der Waals surface area contributed by atoms with Crippen molar-refractivity contribution >= 4 is 31.6 Å². The Morgan fingerprint density at radius 3 is 2.41 bits per heavy atom. The van der Waals surface area contributed by atoms with Gasteiger partial charge >= 0.3 is 0 Å². The van der Waals surface area contributed by atoms with Crippen LogP contribution in [0.3, 0.4) is 0 Å². The molecule has 0 amide bonds. The van der Waals surface area contributed by atoms with Crippen LogP contribution in [0.2, 0.25) is 0 Å². The van der Waals surface area contributed by atoms with Crippen molar-refractivity contribution in [3.05, 3.63) is 82.1 Å². The van der Waals surface area contributed by atoms with Crippen molar-refractivity contribution in [1.29, 1.82) is 0 Å². The molecule has 1 N–H and O–H groups in total. The normalized spacial score (nSPS) is 18.2. The number of anilines is 1. The van der Waals surface area contributed by atoms with Crippen molar-refractivity contribution < 1.29 is 27.4 Å². The minimum absolute atomic E-state index is 0.260. The second-order valence-corrected chi connectivity index (χ2v) is 9.98. The number of hydrogen-bond acceptors (Lipinski definition) is 5. The zero-order valence-corrected chi connectivity index (χ0v) is 19.7. The first-order valence-electron chi connectivity index (χ1n) is 9.75. The molecule has 0 aromatic heterocycles. The Bertz CT molecular complexity index is 1270. The van der Waals surface area contributed by atoms with Crippen LogP contribution in [0.4, 0.5) is 10.1 Å². The molecule has 0 saturated heterocycles. The van der Waals surface area contributed by atoms with Crippen LogP contribution in [0.25, 0.3) is 0 Å². The maximum atomic E-state index is 14.5. The molecule has 0 fully saturated rings. The Hall–Kier alpha value is -2.62. The van der Waals surface area contributed by atoms with E-state index in [0.29, 0.717) is 17.1 Å². The van der Waals surface area contributed by atoms with E-state index in [1.807, 2.05) is 24.3 Å². The molecule has 0 saturated carbocycles. The molecule has 9 heteroatoms. The number of aliphatic hydroxyl groups is 1. The van der Waals surface area contributed by atoms with Crippen LogP contribution in [0.1, 0.15) is 17.0 Å². The molecular weight excluding hydrogens is 501 g/mol. The quantitative estimate of drug-likeness (QED) is 0.541. The Kier molecular flexibility index (Phi) is 6.15. The lowest BCUT2D eigenvalue weighted by atomic mass is 9.82. The number of halogens is 2. The van der Waals surface area contributed by atoms with Crippen LogP contribution in [0, 0.1) is 5.82 Å². The second-order valence-electron chi connectivity index (χ2n) is 7.30. The van der Waals surface area contributed by atoms with Gasteiger partial charge < -0.3 is 14.6 Å². The molecule has 3 aromatic carbocycles. The molecule has 1 aliphatic heterocycles. The third-order valence-corrected chi connectivity index (χ3v) is 8.05. The molecule has 168 valence electrons. The monoisotopic (exact) mass is 521 g/mol. The van der Waals surface area contributed by atoms with E-state index in [0.717, 1.165) is 20.4 Å². The van der Waals surface area contributed by atoms with Crippen molar-refractivity contribution in [2.75, 3.05) is 25.1 Å². The van der Waals surface area contributed by atoms with Gasteiger partial charge in [0.15, 0.2) is 0 Å². The fourth-order valence-electron chi connectivity index (χ4n) is 4.05. The van der Waals surface area contributed by atoms with Gasteiger partial charge in [-0.1, -0.05) is 46.3 Å². The van der Waals surface area contributed by atoms with Crippen LogP contribution in [-0.4, -0.2) is 40.4 Å². The highest BCUT2D eigenvalue weighted by Gasteiger charge is 2.42.